The number of alkyl halides is 8. The molecule has 4 rings (SSSR count). The fraction of sp³-hybridized carbons (Fsp3) is 0.455. The highest BCUT2D eigenvalue weighted by atomic mass is 127. The molecule has 0 fully saturated rings. The lowest BCUT2D eigenvalue weighted by Crippen LogP contribution is -3.61. The molecule has 4 aromatic rings. The van der Waals surface area contributed by atoms with E-state index in [0.717, 1.165) is 24.7 Å². The Labute approximate surface area is 400 Å². The number of unbranched alkanes of at least 4 members (excludes halogenated alkanes) is 10. The van der Waals surface area contributed by atoms with Crippen molar-refractivity contribution < 1.29 is 119 Å². The van der Waals surface area contributed by atoms with E-state index in [4.69, 9.17) is 14.7 Å². The van der Waals surface area contributed by atoms with Crippen LogP contribution in [-0.2, 0) is 24.2 Å². The standard InChI is InChI=1S/2C20H26IO.C4H2F8O7S2/c2*1-2-3-4-5-6-10-17-22-20-15-13-19(14-16-20)21-18-11-8-7-9-12-18;5-1(6,3(9,10)20-19-18-13)17-2(7,8)4(11,12)21(14,15)16/h2*7-9,11-16H,2-6,10,17H2,1H3;13H,(H,14,15,16)/q2*+1;/p-2. The Kier molecular flexibility index (Phi) is 27.7. The monoisotopic (exact) mass is 1190 g/mol. The van der Waals surface area contributed by atoms with E-state index < -0.39 is 44.9 Å². The average molecular weight is 1190 g/mol. The maximum Gasteiger partial charge on any atom is 0.438 e. The van der Waals surface area contributed by atoms with Gasteiger partial charge < -0.3 is 19.3 Å². The molecule has 364 valence electrons. The minimum atomic E-state index is -7.24. The second-order valence-corrected chi connectivity index (χ2v) is 22.1. The van der Waals surface area contributed by atoms with Crippen molar-refractivity contribution in [2.24, 2.45) is 0 Å². The summed E-state index contributed by atoms with van der Waals surface area (Å²) in [4.78, 5) is 0. The molecule has 4 aromatic carbocycles. The molecule has 0 N–H and O–H groups in total. The van der Waals surface area contributed by atoms with E-state index in [-0.39, 0.29) is 42.4 Å². The molecular weight excluding hydrogens is 1140 g/mol. The number of halogens is 10. The second kappa shape index (κ2) is 30.8. The van der Waals surface area contributed by atoms with Gasteiger partial charge in [0.1, 0.15) is 23.5 Å². The van der Waals surface area contributed by atoms with Crippen molar-refractivity contribution >= 4 is 22.2 Å². The van der Waals surface area contributed by atoms with Crippen LogP contribution in [0.5, 0.6) is 11.5 Å². The van der Waals surface area contributed by atoms with Crippen molar-refractivity contribution in [1.82, 2.24) is 0 Å². The van der Waals surface area contributed by atoms with E-state index in [0.29, 0.717) is 0 Å². The van der Waals surface area contributed by atoms with E-state index >= 15 is 0 Å². The van der Waals surface area contributed by atoms with Crippen molar-refractivity contribution in [3.8, 4) is 11.5 Å². The molecule has 65 heavy (non-hydrogen) atoms. The van der Waals surface area contributed by atoms with Crippen LogP contribution in [0.4, 0.5) is 35.1 Å². The zero-order valence-corrected chi connectivity index (χ0v) is 41.5. The van der Waals surface area contributed by atoms with Gasteiger partial charge in [-0.1, -0.05) is 114 Å². The Morgan fingerprint density at radius 3 is 1.23 bits per heavy atom. The summed E-state index contributed by atoms with van der Waals surface area (Å²) >= 11 is -2.04. The van der Waals surface area contributed by atoms with Gasteiger partial charge in [-0.15, -0.1) is 0 Å². The molecule has 0 atom stereocenters. The molecule has 0 radical (unpaired) electrons. The number of benzene rings is 4. The average Bonchev–Trinajstić information content (AvgIpc) is 3.26. The Morgan fingerprint density at radius 2 is 0.877 bits per heavy atom. The molecule has 0 aliphatic rings. The molecule has 0 saturated heterocycles. The molecule has 0 bridgehead atoms. The van der Waals surface area contributed by atoms with Crippen LogP contribution in [-0.4, -0.2) is 48.9 Å². The second-order valence-electron chi connectivity index (χ2n) is 13.8. The molecule has 21 heteroatoms. The van der Waals surface area contributed by atoms with Crippen LogP contribution in [0.1, 0.15) is 90.9 Å². The van der Waals surface area contributed by atoms with E-state index in [1.807, 2.05) is 0 Å². The Balaban J connectivity index is 0.000000335. The molecule has 0 saturated carbocycles. The summed E-state index contributed by atoms with van der Waals surface area (Å²) in [6.07, 6.45) is 2.38. The topological polar surface area (TPSA) is 126 Å². The Bertz CT molecular complexity index is 1860. The van der Waals surface area contributed by atoms with E-state index in [1.54, 1.807) is 4.74 Å². The van der Waals surface area contributed by atoms with Gasteiger partial charge in [0, 0.05) is 0 Å². The zero-order chi connectivity index (χ0) is 48.2. The summed E-state index contributed by atoms with van der Waals surface area (Å²) in [7, 11) is -7.24. The van der Waals surface area contributed by atoms with Gasteiger partial charge in [-0.3, -0.25) is 5.04 Å². The van der Waals surface area contributed by atoms with Crippen LogP contribution >= 0.6 is 12.0 Å². The first-order valence-electron chi connectivity index (χ1n) is 20.4. The van der Waals surface area contributed by atoms with Gasteiger partial charge in [0.15, 0.2) is 24.4 Å². The van der Waals surface area contributed by atoms with Gasteiger partial charge >= 0.3 is 65.1 Å². The first-order valence-corrected chi connectivity index (χ1v) is 26.9. The van der Waals surface area contributed by atoms with Gasteiger partial charge in [0.05, 0.1) is 13.2 Å². The molecule has 0 aliphatic carbocycles. The molecule has 9 nitrogen and oxygen atoms in total. The first-order chi connectivity index (χ1) is 30.8. The van der Waals surface area contributed by atoms with Crippen LogP contribution in [0, 0.1) is 14.3 Å². The Morgan fingerprint density at radius 1 is 0.523 bits per heavy atom. The minimum Gasteiger partial charge on any atom is -0.743 e. The van der Waals surface area contributed by atoms with Crippen molar-refractivity contribution in [1.29, 1.82) is 0 Å². The van der Waals surface area contributed by atoms with Gasteiger partial charge in [-0.05, 0) is 85.6 Å². The van der Waals surface area contributed by atoms with Crippen molar-refractivity contribution in [2.45, 2.75) is 114 Å². The lowest BCUT2D eigenvalue weighted by Gasteiger charge is -2.32. The predicted molar refractivity (Wildman–Crippen MR) is 219 cm³/mol. The summed E-state index contributed by atoms with van der Waals surface area (Å²) in [6.45, 7) is 6.21. The van der Waals surface area contributed by atoms with Crippen LogP contribution in [0.15, 0.2) is 109 Å². The molecular formula is C44H52F8I2O9S2. The van der Waals surface area contributed by atoms with Crippen molar-refractivity contribution in [3.05, 3.63) is 123 Å². The van der Waals surface area contributed by atoms with Gasteiger partial charge in [0.25, 0.3) is 0 Å². The summed E-state index contributed by atoms with van der Waals surface area (Å²) in [6, 6.07) is 38.9. The lowest BCUT2D eigenvalue weighted by molar-refractivity contribution is -0.777. The third-order valence-corrected chi connectivity index (χ3v) is 15.3. The highest BCUT2D eigenvalue weighted by molar-refractivity contribution is 7.95. The Hall–Kier alpha value is -2.52. The van der Waals surface area contributed by atoms with Crippen LogP contribution in [0.25, 0.3) is 0 Å². The van der Waals surface area contributed by atoms with Crippen molar-refractivity contribution in [3.63, 3.8) is 0 Å². The summed E-state index contributed by atoms with van der Waals surface area (Å²) in [5, 5.41) is -1.38. The maximum absolute atomic E-state index is 12.6. The maximum atomic E-state index is 12.6. The van der Waals surface area contributed by atoms with E-state index in [9.17, 15) is 48.1 Å². The summed E-state index contributed by atoms with van der Waals surface area (Å²) < 4.78 is 152. The van der Waals surface area contributed by atoms with Crippen LogP contribution in [0.3, 0.4) is 0 Å². The lowest BCUT2D eigenvalue weighted by atomic mass is 10.1. The zero-order valence-electron chi connectivity index (χ0n) is 35.6. The van der Waals surface area contributed by atoms with Gasteiger partial charge in [-0.2, -0.15) is 39.5 Å². The number of hydrogen-bond acceptors (Lipinski definition) is 10. The number of ether oxygens (including phenoxy) is 3. The minimum absolute atomic E-state index is 0.0655. The highest BCUT2D eigenvalue weighted by Crippen LogP contribution is 2.50. The van der Waals surface area contributed by atoms with Crippen LogP contribution in [0.2, 0.25) is 0 Å². The third-order valence-electron chi connectivity index (χ3n) is 8.48. The summed E-state index contributed by atoms with van der Waals surface area (Å²) in [5.41, 5.74) is 0. The molecule has 0 amide bonds. The third kappa shape index (κ3) is 22.9. The van der Waals surface area contributed by atoms with E-state index in [1.165, 1.54) is 91.3 Å². The molecule has 0 unspecified atom stereocenters. The molecule has 0 spiro atoms. The van der Waals surface area contributed by atoms with Gasteiger partial charge in [0.2, 0.25) is 0 Å². The fourth-order valence-electron chi connectivity index (χ4n) is 5.07. The van der Waals surface area contributed by atoms with Gasteiger partial charge in [-0.25, -0.2) is 13.2 Å². The predicted octanol–water partition coefficient (Wildman–Crippen LogP) is 5.90. The number of hydrogen-bond donors (Lipinski definition) is 0. The SMILES string of the molecule is CCCCCCCCOc1ccc([I+]c2ccccc2)cc1.CCCCCCCCOc1ccc([I+]c2ccccc2)cc1.O=S(=O)([O-])C(F)(F)C(F)(F)OC(F)(F)C(F)(F)SOO[O-]. The van der Waals surface area contributed by atoms with Crippen molar-refractivity contribution in [2.75, 3.05) is 13.2 Å². The number of rotatable bonds is 28. The van der Waals surface area contributed by atoms with Crippen LogP contribution < -0.4 is 57.1 Å². The molecule has 0 aliphatic heterocycles. The normalized spacial score (nSPS) is 12.1. The molecule has 0 aromatic heterocycles. The largest absolute Gasteiger partial charge is 0.743 e. The van der Waals surface area contributed by atoms with E-state index in [2.05, 4.69) is 132 Å². The fourth-order valence-corrected chi connectivity index (χ4v) is 10.1. The smallest absolute Gasteiger partial charge is 0.438 e. The highest BCUT2D eigenvalue weighted by Gasteiger charge is 2.72. The molecule has 0 heterocycles. The first kappa shape index (κ1) is 58.6. The summed E-state index contributed by atoms with van der Waals surface area (Å²) in [5.74, 6) is 2.02. The quantitative estimate of drug-likeness (QED) is 0.0129.